The summed E-state index contributed by atoms with van der Waals surface area (Å²) in [6.07, 6.45) is 5.15. The van der Waals surface area contributed by atoms with Crippen molar-refractivity contribution in [2.45, 2.75) is 77.5 Å². The van der Waals surface area contributed by atoms with E-state index >= 15 is 0 Å². The molecule has 0 bridgehead atoms. The molecule has 13 nitrogen and oxygen atoms in total. The van der Waals surface area contributed by atoms with Crippen LogP contribution in [0, 0.1) is 11.8 Å². The molecule has 4 atom stereocenters. The highest BCUT2D eigenvalue weighted by molar-refractivity contribution is 7.27. The lowest BCUT2D eigenvalue weighted by Gasteiger charge is -2.30. The number of nitrogens with zero attached hydrogens (tertiary/aromatic N) is 4. The van der Waals surface area contributed by atoms with Gasteiger partial charge in [0.1, 0.15) is 30.3 Å². The zero-order valence-electron chi connectivity index (χ0n) is 31.3. The molecule has 7 rings (SSSR count). The number of aromatic amines is 2. The van der Waals surface area contributed by atoms with Gasteiger partial charge in [-0.2, -0.15) is 0 Å². The van der Waals surface area contributed by atoms with E-state index in [1.807, 2.05) is 50.9 Å². The molecule has 0 saturated carbocycles. The Morgan fingerprint density at radius 2 is 1.52 bits per heavy atom. The molecule has 2 aliphatic heterocycles. The van der Waals surface area contributed by atoms with E-state index in [0.717, 1.165) is 80.1 Å². The summed E-state index contributed by atoms with van der Waals surface area (Å²) in [5.74, 6) is 1.05. The zero-order valence-corrected chi connectivity index (χ0v) is 32.9. The number of likely N-dealkylation sites (tertiary alicyclic amines) is 2. The van der Waals surface area contributed by atoms with Gasteiger partial charge in [-0.05, 0) is 50.2 Å². The number of carbonyl (C=O) groups excluding carboxylic acids is 3. The molecular formula is C39H48N8O5S2. The Balaban J connectivity index is 1.14. The van der Waals surface area contributed by atoms with Crippen molar-refractivity contribution in [1.82, 2.24) is 40.4 Å². The molecule has 5 N–H and O–H groups in total. The van der Waals surface area contributed by atoms with Gasteiger partial charge in [0.15, 0.2) is 5.88 Å². The quantitative estimate of drug-likeness (QED) is 0.0897. The Morgan fingerprint density at radius 3 is 2.15 bits per heavy atom. The number of fused-ring (bicyclic) bond motifs is 2. The monoisotopic (exact) mass is 772 g/mol. The van der Waals surface area contributed by atoms with Crippen LogP contribution in [0.25, 0.3) is 42.8 Å². The Bertz CT molecular complexity index is 2180. The average molecular weight is 773 g/mol. The minimum atomic E-state index is -0.725. The van der Waals surface area contributed by atoms with Crippen molar-refractivity contribution in [3.05, 3.63) is 59.3 Å². The topological polar surface area (TPSA) is 169 Å². The smallest absolute Gasteiger partial charge is 0.246 e. The molecule has 15 heteroatoms. The van der Waals surface area contributed by atoms with Crippen LogP contribution in [0.15, 0.2) is 47.6 Å². The molecule has 286 valence electrons. The van der Waals surface area contributed by atoms with Crippen molar-refractivity contribution < 1.29 is 24.2 Å². The van der Waals surface area contributed by atoms with E-state index in [2.05, 4.69) is 44.0 Å². The molecule has 2 unspecified atom stereocenters. The Labute approximate surface area is 322 Å². The van der Waals surface area contributed by atoms with E-state index in [0.29, 0.717) is 19.0 Å². The summed E-state index contributed by atoms with van der Waals surface area (Å²) in [4.78, 5) is 60.2. The molecule has 2 saturated heterocycles. The van der Waals surface area contributed by atoms with Crippen LogP contribution in [0.4, 0.5) is 0 Å². The molecule has 1 aromatic carbocycles. The van der Waals surface area contributed by atoms with Crippen molar-refractivity contribution in [3.63, 3.8) is 0 Å². The summed E-state index contributed by atoms with van der Waals surface area (Å²) in [5, 5.41) is 19.4. The minimum absolute atomic E-state index is 0.0116. The predicted molar refractivity (Wildman–Crippen MR) is 212 cm³/mol. The van der Waals surface area contributed by atoms with Crippen molar-refractivity contribution in [1.29, 1.82) is 0 Å². The maximum atomic E-state index is 13.9. The van der Waals surface area contributed by atoms with Crippen molar-refractivity contribution in [2.75, 3.05) is 26.8 Å². The van der Waals surface area contributed by atoms with Crippen LogP contribution < -0.4 is 10.6 Å². The number of rotatable bonds is 13. The number of hydrogen-bond acceptors (Lipinski definition) is 10. The number of benzene rings is 1. The average Bonchev–Trinajstić information content (AvgIpc) is 4.00. The van der Waals surface area contributed by atoms with Crippen LogP contribution in [0.5, 0.6) is 0 Å². The lowest BCUT2D eigenvalue weighted by molar-refractivity contribution is -0.139. The van der Waals surface area contributed by atoms with E-state index in [1.165, 1.54) is 7.11 Å². The Morgan fingerprint density at radius 1 is 0.907 bits per heavy atom. The Hall–Kier alpha value is -4.73. The van der Waals surface area contributed by atoms with Crippen LogP contribution in [0.2, 0.25) is 0 Å². The largest absolute Gasteiger partial charge is 0.483 e. The third-order valence-electron chi connectivity index (χ3n) is 10.6. The van der Waals surface area contributed by atoms with Gasteiger partial charge in [-0.25, -0.2) is 9.97 Å². The summed E-state index contributed by atoms with van der Waals surface area (Å²) in [6, 6.07) is 4.60. The summed E-state index contributed by atoms with van der Waals surface area (Å²) in [7, 11) is 1.54. The third-order valence-corrected chi connectivity index (χ3v) is 12.7. The predicted octanol–water partition coefficient (Wildman–Crippen LogP) is 6.09. The van der Waals surface area contributed by atoms with Gasteiger partial charge in [-0.15, -0.1) is 22.7 Å². The highest BCUT2D eigenvalue weighted by Gasteiger charge is 2.39. The number of amides is 3. The Kier molecular flexibility index (Phi) is 10.8. The van der Waals surface area contributed by atoms with Crippen LogP contribution in [-0.2, 0) is 19.1 Å². The molecule has 2 fully saturated rings. The molecule has 2 aliphatic rings. The highest BCUT2D eigenvalue weighted by atomic mass is 32.1. The summed E-state index contributed by atoms with van der Waals surface area (Å²) in [6.45, 7) is 12.2. The number of para-hydroxylation sites is 1. The van der Waals surface area contributed by atoms with Crippen LogP contribution >= 0.6 is 22.7 Å². The first kappa shape index (κ1) is 37.6. The SMILES string of the molecule is C=C(N[C@H](C(=O)N1CCCC1c1nc2c(-c3csc4c(-c5cnc(C6CCCN6C(=O)[C@@H](NC(=O)CO)C(C)C)[nH]5)csc34)cccc2[nH]1)C(C)C)OC. The standard InChI is InChI=1S/C39H48N8O5S2/c1-20(2)31(41-22(5)52-6)38(50)47-15-9-13-29(47)37-42-26-11-7-10-23(33(26)45-37)24-18-53-35-25(19-54-34(24)35)27-16-40-36(43-27)28-12-8-14-46(28)39(51)32(21(3)4)44-30(49)17-48/h7,10-11,16,18-21,28-29,31-32,41,48H,5,8-9,12-15,17H2,1-4,6H3,(H,40,43)(H,42,45)(H,44,49)/t28?,29?,31-,32-/m0/s1. The molecule has 0 spiro atoms. The second-order valence-electron chi connectivity index (χ2n) is 14.8. The maximum Gasteiger partial charge on any atom is 0.246 e. The molecule has 5 aromatic rings. The van der Waals surface area contributed by atoms with Crippen LogP contribution in [-0.4, -0.2) is 91.5 Å². The number of carbonyl (C=O) groups is 3. The van der Waals surface area contributed by atoms with Crippen LogP contribution in [0.3, 0.4) is 0 Å². The van der Waals surface area contributed by atoms with E-state index in [1.54, 1.807) is 27.6 Å². The fourth-order valence-corrected chi connectivity index (χ4v) is 10.2. The minimum Gasteiger partial charge on any atom is -0.483 e. The van der Waals surface area contributed by atoms with E-state index in [9.17, 15) is 19.5 Å². The summed E-state index contributed by atoms with van der Waals surface area (Å²) >= 11 is 3.36. The number of imidazole rings is 2. The number of H-pyrrole nitrogens is 2. The van der Waals surface area contributed by atoms with E-state index < -0.39 is 24.6 Å². The summed E-state index contributed by atoms with van der Waals surface area (Å²) < 4.78 is 7.53. The molecular weight excluding hydrogens is 725 g/mol. The molecule has 4 aromatic heterocycles. The van der Waals surface area contributed by atoms with Gasteiger partial charge in [-0.3, -0.25) is 14.4 Å². The maximum absolute atomic E-state index is 13.9. The van der Waals surface area contributed by atoms with E-state index in [4.69, 9.17) is 14.7 Å². The lowest BCUT2D eigenvalue weighted by atomic mass is 10.0. The number of aliphatic hydroxyl groups is 1. The van der Waals surface area contributed by atoms with Gasteiger partial charge in [0, 0.05) is 40.5 Å². The number of ether oxygens (including phenoxy) is 1. The van der Waals surface area contributed by atoms with Crippen LogP contribution in [0.1, 0.15) is 77.1 Å². The molecule has 0 radical (unpaired) electrons. The molecule has 6 heterocycles. The highest BCUT2D eigenvalue weighted by Crippen LogP contribution is 2.46. The van der Waals surface area contributed by atoms with Gasteiger partial charge >= 0.3 is 0 Å². The molecule has 3 amide bonds. The first-order valence-corrected chi connectivity index (χ1v) is 20.3. The van der Waals surface area contributed by atoms with Gasteiger partial charge in [0.2, 0.25) is 17.7 Å². The summed E-state index contributed by atoms with van der Waals surface area (Å²) in [5.41, 5.74) is 5.87. The zero-order chi connectivity index (χ0) is 38.3. The number of aliphatic hydroxyl groups excluding tert-OH is 1. The van der Waals surface area contributed by atoms with Gasteiger partial charge < -0.3 is 40.2 Å². The van der Waals surface area contributed by atoms with Gasteiger partial charge in [0.05, 0.1) is 51.5 Å². The third kappa shape index (κ3) is 7.00. The number of methoxy groups -OCH3 is 1. The second-order valence-corrected chi connectivity index (χ2v) is 16.5. The fourth-order valence-electron chi connectivity index (χ4n) is 7.73. The number of thiophene rings is 2. The van der Waals surface area contributed by atoms with Gasteiger partial charge in [0.25, 0.3) is 0 Å². The lowest BCUT2D eigenvalue weighted by Crippen LogP contribution is -2.51. The van der Waals surface area contributed by atoms with Crippen molar-refractivity contribution in [2.24, 2.45) is 11.8 Å². The number of hydrogen-bond donors (Lipinski definition) is 5. The fraction of sp³-hybridized carbons (Fsp3) is 0.462. The van der Waals surface area contributed by atoms with Crippen molar-refractivity contribution >= 4 is 60.8 Å². The second kappa shape index (κ2) is 15.6. The van der Waals surface area contributed by atoms with Crippen molar-refractivity contribution in [3.8, 4) is 22.4 Å². The van der Waals surface area contributed by atoms with E-state index in [-0.39, 0.29) is 35.7 Å². The molecule has 0 aliphatic carbocycles. The molecule has 54 heavy (non-hydrogen) atoms. The number of nitrogens with one attached hydrogen (secondary N) is 4. The first-order valence-electron chi connectivity index (χ1n) is 18.5. The first-order chi connectivity index (χ1) is 26.0. The van der Waals surface area contributed by atoms with Gasteiger partial charge in [-0.1, -0.05) is 39.8 Å². The number of aromatic nitrogens is 4. The normalized spacial score (nSPS) is 18.6.